The lowest BCUT2D eigenvalue weighted by Gasteiger charge is -2.08. The second-order valence-corrected chi connectivity index (χ2v) is 4.02. The zero-order valence-electron chi connectivity index (χ0n) is 6.51. The molecule has 0 aliphatic heterocycles. The molecule has 0 rings (SSSR count). The molecular formula is C5H11O6P. The highest BCUT2D eigenvalue weighted by atomic mass is 31.2. The number of aliphatic carboxylic acids is 1. The molecule has 12 heavy (non-hydrogen) atoms. The number of carboxylic acid groups (broad SMARTS) is 1. The molecule has 0 saturated heterocycles. The van der Waals surface area contributed by atoms with Gasteiger partial charge < -0.3 is 19.6 Å². The fourth-order valence-electron chi connectivity index (χ4n) is 0.420. The molecule has 72 valence electrons. The van der Waals surface area contributed by atoms with Crippen LogP contribution in [0.5, 0.6) is 0 Å². The van der Waals surface area contributed by atoms with Gasteiger partial charge in [0, 0.05) is 0 Å². The highest BCUT2D eigenvalue weighted by molar-refractivity contribution is 7.51. The van der Waals surface area contributed by atoms with Crippen LogP contribution in [0, 0.1) is 0 Å². The standard InChI is InChI=1S/C5H11O6P/c1-4(5(6)7)11-2-3-12(8,9)10/h4H,2-3H2,1H3,(H,6,7)(H2,8,9,10). The van der Waals surface area contributed by atoms with Crippen LogP contribution in [-0.2, 0) is 14.1 Å². The predicted molar refractivity (Wildman–Crippen MR) is 40.0 cm³/mol. The van der Waals surface area contributed by atoms with Crippen molar-refractivity contribution in [3.63, 3.8) is 0 Å². The summed E-state index contributed by atoms with van der Waals surface area (Å²) in [5.74, 6) is -1.15. The van der Waals surface area contributed by atoms with Gasteiger partial charge in [-0.05, 0) is 6.92 Å². The average molecular weight is 198 g/mol. The minimum absolute atomic E-state index is 0.252. The van der Waals surface area contributed by atoms with Crippen molar-refractivity contribution in [2.45, 2.75) is 13.0 Å². The third kappa shape index (κ3) is 6.30. The van der Waals surface area contributed by atoms with E-state index in [1.807, 2.05) is 0 Å². The van der Waals surface area contributed by atoms with Crippen LogP contribution < -0.4 is 0 Å². The molecule has 0 aromatic heterocycles. The molecule has 0 fully saturated rings. The Morgan fingerprint density at radius 3 is 2.42 bits per heavy atom. The minimum Gasteiger partial charge on any atom is -0.479 e. The van der Waals surface area contributed by atoms with Crippen LogP contribution in [0.25, 0.3) is 0 Å². The molecule has 1 unspecified atom stereocenters. The largest absolute Gasteiger partial charge is 0.479 e. The van der Waals surface area contributed by atoms with Gasteiger partial charge in [0.1, 0.15) is 0 Å². The van der Waals surface area contributed by atoms with Gasteiger partial charge in [0.25, 0.3) is 0 Å². The highest BCUT2D eigenvalue weighted by Crippen LogP contribution is 2.33. The van der Waals surface area contributed by atoms with Crippen molar-refractivity contribution in [1.82, 2.24) is 0 Å². The van der Waals surface area contributed by atoms with Crippen LogP contribution in [0.15, 0.2) is 0 Å². The molecule has 7 heteroatoms. The predicted octanol–water partition coefficient (Wildman–Crippen LogP) is -0.346. The summed E-state index contributed by atoms with van der Waals surface area (Å²) in [6, 6.07) is 0. The molecule has 0 heterocycles. The lowest BCUT2D eigenvalue weighted by molar-refractivity contribution is -0.148. The van der Waals surface area contributed by atoms with Crippen molar-refractivity contribution in [1.29, 1.82) is 0 Å². The van der Waals surface area contributed by atoms with Gasteiger partial charge >= 0.3 is 13.6 Å². The van der Waals surface area contributed by atoms with E-state index < -0.39 is 25.8 Å². The lowest BCUT2D eigenvalue weighted by atomic mass is 10.4. The maximum absolute atomic E-state index is 10.2. The monoisotopic (exact) mass is 198 g/mol. The number of ether oxygens (including phenoxy) is 1. The summed E-state index contributed by atoms with van der Waals surface area (Å²) >= 11 is 0. The second kappa shape index (κ2) is 4.57. The van der Waals surface area contributed by atoms with Gasteiger partial charge in [-0.15, -0.1) is 0 Å². The van der Waals surface area contributed by atoms with Gasteiger partial charge in [-0.3, -0.25) is 4.57 Å². The summed E-state index contributed by atoms with van der Waals surface area (Å²) in [6.07, 6.45) is -1.48. The van der Waals surface area contributed by atoms with E-state index in [1.165, 1.54) is 6.92 Å². The highest BCUT2D eigenvalue weighted by Gasteiger charge is 2.15. The molecule has 1 atom stereocenters. The maximum atomic E-state index is 10.2. The summed E-state index contributed by atoms with van der Waals surface area (Å²) < 4.78 is 14.8. The smallest absolute Gasteiger partial charge is 0.332 e. The Labute approximate surface area is 69.3 Å². The average Bonchev–Trinajstić information content (AvgIpc) is 1.84. The zero-order valence-corrected chi connectivity index (χ0v) is 7.40. The molecule has 0 aliphatic carbocycles. The lowest BCUT2D eigenvalue weighted by Crippen LogP contribution is -2.21. The van der Waals surface area contributed by atoms with Crippen molar-refractivity contribution >= 4 is 13.6 Å². The maximum Gasteiger partial charge on any atom is 0.332 e. The molecule has 3 N–H and O–H groups in total. The molecule has 0 saturated carbocycles. The Balaban J connectivity index is 3.58. The normalized spacial score (nSPS) is 14.2. The summed E-state index contributed by atoms with van der Waals surface area (Å²) in [5, 5.41) is 8.29. The topological polar surface area (TPSA) is 104 Å². The van der Waals surface area contributed by atoms with Crippen LogP contribution in [0.4, 0.5) is 0 Å². The van der Waals surface area contributed by atoms with E-state index in [2.05, 4.69) is 4.74 Å². The van der Waals surface area contributed by atoms with Gasteiger partial charge in [0.2, 0.25) is 0 Å². The summed E-state index contributed by atoms with van der Waals surface area (Å²) in [5.41, 5.74) is 0. The van der Waals surface area contributed by atoms with Crippen LogP contribution >= 0.6 is 7.60 Å². The van der Waals surface area contributed by atoms with Gasteiger partial charge in [-0.2, -0.15) is 0 Å². The summed E-state index contributed by atoms with van der Waals surface area (Å²) in [7, 11) is -4.07. The fraction of sp³-hybridized carbons (Fsp3) is 0.800. The quantitative estimate of drug-likeness (QED) is 0.522. The first-order valence-corrected chi connectivity index (χ1v) is 5.01. The molecule has 0 radical (unpaired) electrons. The van der Waals surface area contributed by atoms with Gasteiger partial charge in [-0.25, -0.2) is 4.79 Å². The Bertz CT molecular complexity index is 196. The third-order valence-electron chi connectivity index (χ3n) is 1.10. The first-order valence-electron chi connectivity index (χ1n) is 3.22. The van der Waals surface area contributed by atoms with E-state index in [4.69, 9.17) is 14.9 Å². The number of carboxylic acids is 1. The molecule has 0 aromatic carbocycles. The molecule has 0 aliphatic rings. The molecule has 0 aromatic rings. The first kappa shape index (κ1) is 11.6. The van der Waals surface area contributed by atoms with Gasteiger partial charge in [-0.1, -0.05) is 0 Å². The number of rotatable bonds is 5. The summed E-state index contributed by atoms with van der Waals surface area (Å²) in [4.78, 5) is 26.8. The van der Waals surface area contributed by atoms with Gasteiger partial charge in [0.05, 0.1) is 12.8 Å². The molecule has 0 bridgehead atoms. The van der Waals surface area contributed by atoms with Crippen molar-refractivity contribution in [2.75, 3.05) is 12.8 Å². The number of hydrogen-bond acceptors (Lipinski definition) is 3. The van der Waals surface area contributed by atoms with E-state index in [-0.39, 0.29) is 6.61 Å². The van der Waals surface area contributed by atoms with Crippen LogP contribution in [0.2, 0.25) is 0 Å². The molecule has 0 spiro atoms. The van der Waals surface area contributed by atoms with E-state index in [9.17, 15) is 9.36 Å². The van der Waals surface area contributed by atoms with Crippen molar-refractivity contribution in [3.8, 4) is 0 Å². The Hall–Kier alpha value is -0.420. The second-order valence-electron chi connectivity index (χ2n) is 2.24. The third-order valence-corrected chi connectivity index (χ3v) is 1.86. The zero-order chi connectivity index (χ0) is 9.78. The Morgan fingerprint density at radius 2 is 2.08 bits per heavy atom. The Morgan fingerprint density at radius 1 is 1.58 bits per heavy atom. The molecule has 6 nitrogen and oxygen atoms in total. The van der Waals surface area contributed by atoms with Crippen LogP contribution in [0.3, 0.4) is 0 Å². The van der Waals surface area contributed by atoms with E-state index >= 15 is 0 Å². The molecule has 0 amide bonds. The summed E-state index contributed by atoms with van der Waals surface area (Å²) in [6.45, 7) is 1.04. The van der Waals surface area contributed by atoms with E-state index in [1.54, 1.807) is 0 Å². The van der Waals surface area contributed by atoms with Crippen molar-refractivity contribution in [2.24, 2.45) is 0 Å². The van der Waals surface area contributed by atoms with E-state index in [0.29, 0.717) is 0 Å². The van der Waals surface area contributed by atoms with Gasteiger partial charge in [0.15, 0.2) is 6.10 Å². The number of hydrogen-bond donors (Lipinski definition) is 3. The number of carbonyl (C=O) groups is 1. The fourth-order valence-corrected chi connectivity index (χ4v) is 0.763. The van der Waals surface area contributed by atoms with Crippen LogP contribution in [0.1, 0.15) is 6.92 Å². The van der Waals surface area contributed by atoms with Crippen LogP contribution in [-0.4, -0.2) is 39.7 Å². The van der Waals surface area contributed by atoms with Crippen molar-refractivity contribution < 1.29 is 29.0 Å². The SMILES string of the molecule is CC(OCCP(=O)(O)O)C(=O)O. The Kier molecular flexibility index (Phi) is 4.41. The minimum atomic E-state index is -4.07. The molecular weight excluding hydrogens is 187 g/mol. The van der Waals surface area contributed by atoms with Crippen molar-refractivity contribution in [3.05, 3.63) is 0 Å². The van der Waals surface area contributed by atoms with E-state index in [0.717, 1.165) is 0 Å². The first-order chi connectivity index (χ1) is 5.33.